The number of para-hydroxylation sites is 1. The van der Waals surface area contributed by atoms with Gasteiger partial charge in [-0.25, -0.2) is 13.1 Å². The molecule has 0 aliphatic rings. The lowest BCUT2D eigenvalue weighted by Crippen LogP contribution is -2.42. The zero-order valence-corrected chi connectivity index (χ0v) is 15.3. The first kappa shape index (κ1) is 19.2. The molecule has 1 unspecified atom stereocenters. The Bertz CT molecular complexity index is 800. The summed E-state index contributed by atoms with van der Waals surface area (Å²) in [5.41, 5.74) is -0.369. The molecule has 0 spiro atoms. The summed E-state index contributed by atoms with van der Waals surface area (Å²) in [4.78, 5) is 0.0396. The quantitative estimate of drug-likeness (QED) is 0.747. The molecule has 0 aliphatic heterocycles. The molecule has 2 aromatic rings. The Morgan fingerprint density at radius 3 is 2.28 bits per heavy atom. The highest BCUT2D eigenvalue weighted by atomic mass is 32.2. The predicted octanol–water partition coefficient (Wildman–Crippen LogP) is 1.98. The number of ether oxygens (including phenoxy) is 2. The number of rotatable bonds is 8. The van der Waals surface area contributed by atoms with E-state index < -0.39 is 15.6 Å². The SMILES string of the molecule is COc1ccc(CC(C)(O)CNS(=O)(=O)c2ccccc2OC)cc1. The number of hydrogen-bond acceptors (Lipinski definition) is 5. The summed E-state index contributed by atoms with van der Waals surface area (Å²) in [5.74, 6) is 0.977. The van der Waals surface area contributed by atoms with E-state index in [2.05, 4.69) is 4.72 Å². The van der Waals surface area contributed by atoms with Gasteiger partial charge in [-0.15, -0.1) is 0 Å². The maximum Gasteiger partial charge on any atom is 0.244 e. The van der Waals surface area contributed by atoms with Crippen molar-refractivity contribution in [2.45, 2.75) is 23.8 Å². The second-order valence-corrected chi connectivity index (χ2v) is 7.73. The molecule has 0 aliphatic carbocycles. The van der Waals surface area contributed by atoms with E-state index in [1.54, 1.807) is 44.4 Å². The average molecular weight is 365 g/mol. The molecule has 1 atom stereocenters. The van der Waals surface area contributed by atoms with E-state index in [0.717, 1.165) is 11.3 Å². The average Bonchev–Trinajstić information content (AvgIpc) is 2.60. The van der Waals surface area contributed by atoms with E-state index in [9.17, 15) is 13.5 Å². The van der Waals surface area contributed by atoms with Crippen LogP contribution in [0.1, 0.15) is 12.5 Å². The third-order valence-corrected chi connectivity index (χ3v) is 5.19. The molecule has 0 fully saturated rings. The van der Waals surface area contributed by atoms with Crippen molar-refractivity contribution in [2.75, 3.05) is 20.8 Å². The summed E-state index contributed by atoms with van der Waals surface area (Å²) in [5, 5.41) is 10.5. The molecule has 2 rings (SSSR count). The summed E-state index contributed by atoms with van der Waals surface area (Å²) in [6.45, 7) is 1.46. The number of nitrogens with one attached hydrogen (secondary N) is 1. The smallest absolute Gasteiger partial charge is 0.244 e. The fourth-order valence-electron chi connectivity index (χ4n) is 2.41. The molecule has 6 nitrogen and oxygen atoms in total. The van der Waals surface area contributed by atoms with E-state index in [1.165, 1.54) is 13.2 Å². The highest BCUT2D eigenvalue weighted by Gasteiger charge is 2.26. The Hall–Kier alpha value is -2.09. The van der Waals surface area contributed by atoms with Crippen LogP contribution in [0.25, 0.3) is 0 Å². The molecule has 0 bridgehead atoms. The van der Waals surface area contributed by atoms with Gasteiger partial charge in [0.05, 0.1) is 19.8 Å². The lowest BCUT2D eigenvalue weighted by molar-refractivity contribution is 0.0657. The standard InChI is InChI=1S/C18H23NO5S/c1-18(20,12-14-8-10-15(23-2)11-9-14)13-19-25(21,22)17-7-5-4-6-16(17)24-3/h4-11,19-20H,12-13H2,1-3H3. The lowest BCUT2D eigenvalue weighted by Gasteiger charge is -2.24. The first-order valence-corrected chi connectivity index (χ1v) is 9.24. The summed E-state index contributed by atoms with van der Waals surface area (Å²) in [6.07, 6.45) is 0.297. The van der Waals surface area contributed by atoms with Crippen molar-refractivity contribution in [3.05, 3.63) is 54.1 Å². The number of methoxy groups -OCH3 is 2. The Balaban J connectivity index is 2.07. The summed E-state index contributed by atoms with van der Waals surface area (Å²) in [6, 6.07) is 13.6. The minimum absolute atomic E-state index is 0.0396. The van der Waals surface area contributed by atoms with Crippen LogP contribution in [0, 0.1) is 0 Å². The van der Waals surface area contributed by atoms with Crippen molar-refractivity contribution in [3.63, 3.8) is 0 Å². The Kier molecular flexibility index (Phi) is 6.05. The van der Waals surface area contributed by atoms with Gasteiger partial charge >= 0.3 is 0 Å². The molecule has 0 saturated heterocycles. The maximum atomic E-state index is 12.5. The van der Waals surface area contributed by atoms with Gasteiger partial charge in [-0.3, -0.25) is 0 Å². The maximum absolute atomic E-state index is 12.5. The third kappa shape index (κ3) is 5.19. The second-order valence-electron chi connectivity index (χ2n) is 6.00. The van der Waals surface area contributed by atoms with Crippen molar-refractivity contribution >= 4 is 10.0 Å². The molecule has 2 N–H and O–H groups in total. The zero-order valence-electron chi connectivity index (χ0n) is 14.5. The van der Waals surface area contributed by atoms with E-state index in [-0.39, 0.29) is 17.2 Å². The summed E-state index contributed by atoms with van der Waals surface area (Å²) in [7, 11) is -0.802. The number of aliphatic hydroxyl groups is 1. The van der Waals surface area contributed by atoms with Gasteiger partial charge < -0.3 is 14.6 Å². The minimum atomic E-state index is -3.79. The van der Waals surface area contributed by atoms with Crippen LogP contribution in [-0.4, -0.2) is 39.9 Å². The van der Waals surface area contributed by atoms with Crippen molar-refractivity contribution in [1.29, 1.82) is 0 Å². The molecule has 0 amide bonds. The van der Waals surface area contributed by atoms with Gasteiger partial charge in [-0.2, -0.15) is 0 Å². The van der Waals surface area contributed by atoms with Crippen LogP contribution in [0.15, 0.2) is 53.4 Å². The molecular formula is C18H23NO5S. The van der Waals surface area contributed by atoms with Gasteiger partial charge in [-0.1, -0.05) is 24.3 Å². The Morgan fingerprint density at radius 2 is 1.68 bits per heavy atom. The van der Waals surface area contributed by atoms with Crippen molar-refractivity contribution in [2.24, 2.45) is 0 Å². The predicted molar refractivity (Wildman–Crippen MR) is 95.5 cm³/mol. The number of hydrogen-bond donors (Lipinski definition) is 2. The molecule has 136 valence electrons. The lowest BCUT2D eigenvalue weighted by atomic mass is 9.97. The van der Waals surface area contributed by atoms with Crippen molar-refractivity contribution < 1.29 is 23.0 Å². The molecular weight excluding hydrogens is 342 g/mol. The van der Waals surface area contributed by atoms with Crippen LogP contribution in [0.5, 0.6) is 11.5 Å². The van der Waals surface area contributed by atoms with Gasteiger partial charge in [0.1, 0.15) is 16.4 Å². The minimum Gasteiger partial charge on any atom is -0.497 e. The largest absolute Gasteiger partial charge is 0.497 e. The van der Waals surface area contributed by atoms with Crippen LogP contribution in [0.2, 0.25) is 0 Å². The van der Waals surface area contributed by atoms with Gasteiger partial charge in [0.25, 0.3) is 0 Å². The fourth-order valence-corrected chi connectivity index (χ4v) is 3.75. The topological polar surface area (TPSA) is 84.9 Å². The first-order chi connectivity index (χ1) is 11.8. The Labute approximate surface area is 148 Å². The third-order valence-electron chi connectivity index (χ3n) is 3.75. The molecule has 7 heteroatoms. The van der Waals surface area contributed by atoms with E-state index in [1.807, 2.05) is 12.1 Å². The molecule has 0 radical (unpaired) electrons. The summed E-state index contributed by atoms with van der Waals surface area (Å²) >= 11 is 0. The van der Waals surface area contributed by atoms with Crippen molar-refractivity contribution in [3.8, 4) is 11.5 Å². The molecule has 0 saturated carbocycles. The second kappa shape index (κ2) is 7.86. The van der Waals surface area contributed by atoms with Crippen LogP contribution >= 0.6 is 0 Å². The Morgan fingerprint density at radius 1 is 1.04 bits per heavy atom. The van der Waals surface area contributed by atoms with Gasteiger partial charge in [0.15, 0.2) is 0 Å². The highest BCUT2D eigenvalue weighted by Crippen LogP contribution is 2.23. The van der Waals surface area contributed by atoms with Crippen LogP contribution in [-0.2, 0) is 16.4 Å². The van der Waals surface area contributed by atoms with Crippen molar-refractivity contribution in [1.82, 2.24) is 4.72 Å². The van der Waals surface area contributed by atoms with E-state index in [0.29, 0.717) is 6.42 Å². The van der Waals surface area contributed by atoms with Crippen LogP contribution < -0.4 is 14.2 Å². The van der Waals surface area contributed by atoms with Gasteiger partial charge in [-0.05, 0) is 36.8 Å². The van der Waals surface area contributed by atoms with Crippen LogP contribution in [0.4, 0.5) is 0 Å². The number of benzene rings is 2. The van der Waals surface area contributed by atoms with Crippen LogP contribution in [0.3, 0.4) is 0 Å². The van der Waals surface area contributed by atoms with E-state index in [4.69, 9.17) is 9.47 Å². The normalized spacial score (nSPS) is 13.9. The molecule has 25 heavy (non-hydrogen) atoms. The van der Waals surface area contributed by atoms with E-state index >= 15 is 0 Å². The van der Waals surface area contributed by atoms with Gasteiger partial charge in [0.2, 0.25) is 10.0 Å². The highest BCUT2D eigenvalue weighted by molar-refractivity contribution is 7.89. The fraction of sp³-hybridized carbons (Fsp3) is 0.333. The number of sulfonamides is 1. The zero-order chi connectivity index (χ0) is 18.5. The van der Waals surface area contributed by atoms with Gasteiger partial charge in [0, 0.05) is 13.0 Å². The molecule has 2 aromatic carbocycles. The monoisotopic (exact) mass is 365 g/mol. The first-order valence-electron chi connectivity index (χ1n) is 7.75. The molecule has 0 heterocycles. The summed E-state index contributed by atoms with van der Waals surface area (Å²) < 4.78 is 37.6. The molecule has 0 aromatic heterocycles.